The zero-order chi connectivity index (χ0) is 11.8. The summed E-state index contributed by atoms with van der Waals surface area (Å²) in [5.74, 6) is 0.243. The average Bonchev–Trinajstić information content (AvgIpc) is 2.15. The molecule has 0 fully saturated rings. The van der Waals surface area contributed by atoms with E-state index in [0.29, 0.717) is 25.7 Å². The molecule has 0 aromatic heterocycles. The van der Waals surface area contributed by atoms with Gasteiger partial charge >= 0.3 is 0 Å². The molecule has 0 aliphatic rings. The first-order chi connectivity index (χ1) is 6.97. The third-order valence-corrected chi connectivity index (χ3v) is 2.28. The lowest BCUT2D eigenvalue weighted by Gasteiger charge is -2.12. The molecule has 0 aliphatic carbocycles. The molecule has 0 unspecified atom stereocenters. The van der Waals surface area contributed by atoms with Crippen LogP contribution in [0, 0.1) is 16.0 Å². The molecule has 0 aromatic carbocycles. The minimum absolute atomic E-state index is 0.0431. The lowest BCUT2D eigenvalue weighted by atomic mass is 10.0. The largest absolute Gasteiger partial charge is 0.311 e. The van der Waals surface area contributed by atoms with Crippen LogP contribution in [-0.2, 0) is 9.63 Å². The Bertz CT molecular complexity index is 215. The molecule has 0 radical (unpaired) electrons. The van der Waals surface area contributed by atoms with Crippen LogP contribution < -0.4 is 0 Å². The summed E-state index contributed by atoms with van der Waals surface area (Å²) in [4.78, 5) is 25.8. The van der Waals surface area contributed by atoms with E-state index in [9.17, 15) is 14.9 Å². The van der Waals surface area contributed by atoms with Crippen molar-refractivity contribution in [3.8, 4) is 0 Å². The Morgan fingerprint density at radius 2 is 2.07 bits per heavy atom. The molecular weight excluding hydrogens is 198 g/mol. The molecule has 0 amide bonds. The highest BCUT2D eigenvalue weighted by atomic mass is 17.0. The quantitative estimate of drug-likeness (QED) is 0.462. The van der Waals surface area contributed by atoms with Gasteiger partial charge in [-0.15, -0.1) is 10.1 Å². The molecule has 0 rings (SSSR count). The van der Waals surface area contributed by atoms with Gasteiger partial charge in [-0.3, -0.25) is 4.79 Å². The van der Waals surface area contributed by atoms with Crippen LogP contribution in [0.1, 0.15) is 46.5 Å². The lowest BCUT2D eigenvalue weighted by molar-refractivity contribution is -0.768. The molecule has 0 aromatic rings. The summed E-state index contributed by atoms with van der Waals surface area (Å²) in [7, 11) is 0. The highest BCUT2D eigenvalue weighted by molar-refractivity contribution is 5.80. The predicted molar refractivity (Wildman–Crippen MR) is 55.9 cm³/mol. The van der Waals surface area contributed by atoms with Crippen molar-refractivity contribution in [2.75, 3.05) is 0 Å². The second kappa shape index (κ2) is 7.20. The molecule has 0 saturated heterocycles. The van der Waals surface area contributed by atoms with Crippen LogP contribution in [-0.4, -0.2) is 17.0 Å². The number of hydrogen-bond donors (Lipinski definition) is 0. The molecular formula is C10H19NO4. The SMILES string of the molecule is CC[C@H](CCCC(=O)C(C)C)O[N+](=O)[O-]. The number of Topliss-reactive ketones (excluding diaryl/α,β-unsaturated/α-hetero) is 1. The summed E-state index contributed by atoms with van der Waals surface area (Å²) in [6, 6.07) is 0. The molecule has 0 heterocycles. The Balaban J connectivity index is 3.72. The van der Waals surface area contributed by atoms with Crippen molar-refractivity contribution in [1.29, 1.82) is 0 Å². The number of ketones is 1. The van der Waals surface area contributed by atoms with Gasteiger partial charge in [0.15, 0.2) is 0 Å². The molecule has 0 N–H and O–H groups in total. The van der Waals surface area contributed by atoms with Crippen LogP contribution in [0.25, 0.3) is 0 Å². The second-order valence-corrected chi connectivity index (χ2v) is 3.87. The summed E-state index contributed by atoms with van der Waals surface area (Å²) in [6.45, 7) is 5.54. The van der Waals surface area contributed by atoms with E-state index >= 15 is 0 Å². The predicted octanol–water partition coefficient (Wildman–Crippen LogP) is 2.37. The van der Waals surface area contributed by atoms with Gasteiger partial charge in [0, 0.05) is 12.3 Å². The third kappa shape index (κ3) is 6.88. The smallest absolute Gasteiger partial charge is 0.294 e. The van der Waals surface area contributed by atoms with Gasteiger partial charge in [-0.2, -0.15) is 0 Å². The van der Waals surface area contributed by atoms with E-state index in [1.165, 1.54) is 0 Å². The summed E-state index contributed by atoms with van der Waals surface area (Å²) in [5.41, 5.74) is 0. The van der Waals surface area contributed by atoms with E-state index in [0.717, 1.165) is 0 Å². The summed E-state index contributed by atoms with van der Waals surface area (Å²) in [5, 5.41) is 9.32. The van der Waals surface area contributed by atoms with Crippen molar-refractivity contribution in [3.05, 3.63) is 10.1 Å². The molecule has 0 aliphatic heterocycles. The maximum absolute atomic E-state index is 11.3. The fourth-order valence-corrected chi connectivity index (χ4v) is 1.25. The van der Waals surface area contributed by atoms with Crippen LogP contribution in [0.5, 0.6) is 0 Å². The van der Waals surface area contributed by atoms with Crippen molar-refractivity contribution < 1.29 is 14.7 Å². The molecule has 15 heavy (non-hydrogen) atoms. The number of rotatable bonds is 8. The first kappa shape index (κ1) is 13.9. The molecule has 1 atom stereocenters. The standard InChI is InChI=1S/C10H19NO4/c1-4-9(15-11(13)14)6-5-7-10(12)8(2)3/h8-9H,4-7H2,1-3H3/t9-/m1/s1. The van der Waals surface area contributed by atoms with Crippen LogP contribution in [0.2, 0.25) is 0 Å². The van der Waals surface area contributed by atoms with Crippen molar-refractivity contribution in [3.63, 3.8) is 0 Å². The van der Waals surface area contributed by atoms with Gasteiger partial charge in [0.1, 0.15) is 11.9 Å². The first-order valence-electron chi connectivity index (χ1n) is 5.31. The van der Waals surface area contributed by atoms with Crippen LogP contribution in [0.4, 0.5) is 0 Å². The normalized spacial score (nSPS) is 12.5. The average molecular weight is 217 g/mol. The van der Waals surface area contributed by atoms with Gasteiger partial charge in [0.2, 0.25) is 0 Å². The molecule has 0 bridgehead atoms. The van der Waals surface area contributed by atoms with E-state index in [1.807, 2.05) is 20.8 Å². The van der Waals surface area contributed by atoms with E-state index in [1.54, 1.807) is 0 Å². The maximum Gasteiger partial charge on any atom is 0.294 e. The molecule has 88 valence electrons. The number of nitrogens with zero attached hydrogens (tertiary/aromatic N) is 1. The Kier molecular flexibility index (Phi) is 6.66. The highest BCUT2D eigenvalue weighted by Gasteiger charge is 2.12. The first-order valence-corrected chi connectivity index (χ1v) is 5.31. The number of carbonyl (C=O) groups excluding carboxylic acids is 1. The molecule has 5 nitrogen and oxygen atoms in total. The maximum atomic E-state index is 11.3. The third-order valence-electron chi connectivity index (χ3n) is 2.28. The van der Waals surface area contributed by atoms with Gasteiger partial charge in [0.05, 0.1) is 0 Å². The summed E-state index contributed by atoms with van der Waals surface area (Å²) < 4.78 is 0. The monoisotopic (exact) mass is 217 g/mol. The fraction of sp³-hybridized carbons (Fsp3) is 0.900. The van der Waals surface area contributed by atoms with Crippen molar-refractivity contribution in [1.82, 2.24) is 0 Å². The van der Waals surface area contributed by atoms with Gasteiger partial charge in [-0.05, 0) is 19.3 Å². The van der Waals surface area contributed by atoms with Crippen molar-refractivity contribution >= 4 is 5.78 Å². The van der Waals surface area contributed by atoms with Crippen LogP contribution in [0.3, 0.4) is 0 Å². The van der Waals surface area contributed by atoms with Gasteiger partial charge < -0.3 is 4.84 Å². The molecule has 5 heteroatoms. The molecule has 0 saturated carbocycles. The van der Waals surface area contributed by atoms with Crippen LogP contribution in [0.15, 0.2) is 0 Å². The van der Waals surface area contributed by atoms with Gasteiger partial charge in [0.25, 0.3) is 5.09 Å². The van der Waals surface area contributed by atoms with Gasteiger partial charge in [-0.1, -0.05) is 20.8 Å². The second-order valence-electron chi connectivity index (χ2n) is 3.87. The summed E-state index contributed by atoms with van der Waals surface area (Å²) >= 11 is 0. The van der Waals surface area contributed by atoms with E-state index in [4.69, 9.17) is 0 Å². The minimum Gasteiger partial charge on any atom is -0.311 e. The van der Waals surface area contributed by atoms with Gasteiger partial charge in [-0.25, -0.2) is 0 Å². The van der Waals surface area contributed by atoms with Crippen molar-refractivity contribution in [2.24, 2.45) is 5.92 Å². The van der Waals surface area contributed by atoms with Crippen molar-refractivity contribution in [2.45, 2.75) is 52.6 Å². The highest BCUT2D eigenvalue weighted by Crippen LogP contribution is 2.11. The summed E-state index contributed by atoms with van der Waals surface area (Å²) in [6.07, 6.45) is 1.92. The fourth-order valence-electron chi connectivity index (χ4n) is 1.25. The van der Waals surface area contributed by atoms with Crippen LogP contribution >= 0.6 is 0 Å². The Morgan fingerprint density at radius 3 is 2.47 bits per heavy atom. The van der Waals surface area contributed by atoms with E-state index in [2.05, 4.69) is 4.84 Å². The molecule has 0 spiro atoms. The Morgan fingerprint density at radius 1 is 1.47 bits per heavy atom. The van der Waals surface area contributed by atoms with E-state index in [-0.39, 0.29) is 17.8 Å². The number of carbonyl (C=O) groups is 1. The van der Waals surface area contributed by atoms with E-state index < -0.39 is 5.09 Å². The lowest BCUT2D eigenvalue weighted by Crippen LogP contribution is -2.17. The zero-order valence-electron chi connectivity index (χ0n) is 9.56. The zero-order valence-corrected chi connectivity index (χ0v) is 9.56. The Labute approximate surface area is 89.9 Å². The number of hydrogen-bond acceptors (Lipinski definition) is 4. The Hall–Kier alpha value is -1.13. The topological polar surface area (TPSA) is 69.4 Å². The minimum atomic E-state index is -0.765.